The number of halogens is 1. The number of nitrogens with one attached hydrogen (secondary N) is 1. The third-order valence-electron chi connectivity index (χ3n) is 4.24. The molecule has 0 spiro atoms. The number of hydrogen-bond donors (Lipinski definition) is 1. The van der Waals surface area contributed by atoms with Crippen LogP contribution in [0.1, 0.15) is 28.3 Å². The summed E-state index contributed by atoms with van der Waals surface area (Å²) in [6.45, 7) is 3.80. The van der Waals surface area contributed by atoms with E-state index in [1.54, 1.807) is 13.0 Å². The Morgan fingerprint density at radius 3 is 2.71 bits per heavy atom. The zero-order chi connectivity index (χ0) is 20.3. The summed E-state index contributed by atoms with van der Waals surface area (Å²) in [4.78, 5) is 36.4. The second kappa shape index (κ2) is 8.59. The van der Waals surface area contributed by atoms with Crippen molar-refractivity contribution in [2.24, 2.45) is 0 Å². The van der Waals surface area contributed by atoms with Gasteiger partial charge in [0.1, 0.15) is 6.54 Å². The van der Waals surface area contributed by atoms with Crippen LogP contribution in [-0.4, -0.2) is 27.6 Å². The molecule has 28 heavy (non-hydrogen) atoms. The molecule has 146 valence electrons. The summed E-state index contributed by atoms with van der Waals surface area (Å²) in [5, 5.41) is 3.65. The number of ether oxygens (including phenoxy) is 1. The van der Waals surface area contributed by atoms with Crippen molar-refractivity contribution in [3.63, 3.8) is 0 Å². The molecular weight excluding hydrogens is 473 g/mol. The molecule has 3 aromatic rings. The van der Waals surface area contributed by atoms with Crippen LogP contribution in [0.3, 0.4) is 0 Å². The molecule has 2 aromatic heterocycles. The smallest absolute Gasteiger partial charge is 0.326 e. The number of amides is 1. The monoisotopic (exact) mass is 493 g/mol. The molecule has 0 aliphatic rings. The van der Waals surface area contributed by atoms with Gasteiger partial charge >= 0.3 is 5.97 Å². The van der Waals surface area contributed by atoms with E-state index in [-0.39, 0.29) is 28.7 Å². The van der Waals surface area contributed by atoms with Gasteiger partial charge in [-0.05, 0) is 38.1 Å². The van der Waals surface area contributed by atoms with Gasteiger partial charge in [0.15, 0.2) is 0 Å². The Bertz CT molecular complexity index is 1080. The van der Waals surface area contributed by atoms with Crippen LogP contribution in [0.25, 0.3) is 10.9 Å². The van der Waals surface area contributed by atoms with E-state index in [1.165, 1.54) is 22.9 Å². The molecule has 0 aliphatic carbocycles. The number of benzene rings is 1. The van der Waals surface area contributed by atoms with Crippen LogP contribution in [0.2, 0.25) is 0 Å². The number of hydrogen-bond acceptors (Lipinski definition) is 4. The molecule has 1 unspecified atom stereocenters. The number of carbonyl (C=O) groups is 2. The molecule has 3 rings (SSSR count). The molecule has 0 fully saturated rings. The summed E-state index contributed by atoms with van der Waals surface area (Å²) >= 11 is 2.31. The molecule has 0 saturated carbocycles. The maximum atomic E-state index is 12.8. The standard InChI is InChI=1S/C20H20IN3O4/c1-3-28-19(26)12-23-11-14(7-8-18(23)25)22-20(27)16-5-4-6-17-15(16)9-10-24(17)13(2)21/h4-11,13H,3,12H2,1-2H3,(H,22,27). The number of esters is 1. The lowest BCUT2D eigenvalue weighted by Gasteiger charge is -2.11. The molecule has 7 nitrogen and oxygen atoms in total. The largest absolute Gasteiger partial charge is 0.465 e. The fourth-order valence-electron chi connectivity index (χ4n) is 2.97. The molecule has 1 amide bonds. The normalized spacial score (nSPS) is 12.0. The summed E-state index contributed by atoms with van der Waals surface area (Å²) in [5.41, 5.74) is 1.59. The van der Waals surface area contributed by atoms with Crippen molar-refractivity contribution in [3.05, 3.63) is 64.7 Å². The van der Waals surface area contributed by atoms with Gasteiger partial charge in [-0.1, -0.05) is 28.7 Å². The van der Waals surface area contributed by atoms with E-state index in [1.807, 2.05) is 24.4 Å². The van der Waals surface area contributed by atoms with Crippen LogP contribution in [0, 0.1) is 0 Å². The Hall–Kier alpha value is -2.62. The highest BCUT2D eigenvalue weighted by molar-refractivity contribution is 14.1. The van der Waals surface area contributed by atoms with Crippen LogP contribution in [-0.2, 0) is 16.1 Å². The summed E-state index contributed by atoms with van der Waals surface area (Å²) in [7, 11) is 0. The number of rotatable bonds is 6. The number of fused-ring (bicyclic) bond motifs is 1. The van der Waals surface area contributed by atoms with E-state index in [0.717, 1.165) is 10.9 Å². The van der Waals surface area contributed by atoms with E-state index < -0.39 is 5.97 Å². The highest BCUT2D eigenvalue weighted by Crippen LogP contribution is 2.26. The molecule has 2 heterocycles. The molecule has 0 saturated heterocycles. The molecule has 1 aromatic carbocycles. The highest BCUT2D eigenvalue weighted by atomic mass is 127. The van der Waals surface area contributed by atoms with Gasteiger partial charge in [0.25, 0.3) is 11.5 Å². The Kier molecular flexibility index (Phi) is 6.18. The minimum atomic E-state index is -0.507. The first kappa shape index (κ1) is 20.1. The van der Waals surface area contributed by atoms with E-state index in [9.17, 15) is 14.4 Å². The number of carbonyl (C=O) groups excluding carboxylic acids is 2. The van der Waals surface area contributed by atoms with E-state index in [4.69, 9.17) is 4.74 Å². The zero-order valence-electron chi connectivity index (χ0n) is 15.5. The van der Waals surface area contributed by atoms with Crippen LogP contribution in [0.5, 0.6) is 0 Å². The van der Waals surface area contributed by atoms with E-state index in [0.29, 0.717) is 11.3 Å². The van der Waals surface area contributed by atoms with Gasteiger partial charge < -0.3 is 19.2 Å². The fraction of sp³-hybridized carbons (Fsp3) is 0.250. The predicted octanol–water partition coefficient (Wildman–Crippen LogP) is 3.57. The quantitative estimate of drug-likeness (QED) is 0.324. The SMILES string of the molecule is CCOC(=O)Cn1cc(NC(=O)c2cccc3c2ccn3C(C)I)ccc1=O. The number of nitrogens with zero attached hydrogens (tertiary/aromatic N) is 2. The van der Waals surface area contributed by atoms with Gasteiger partial charge in [-0.3, -0.25) is 14.4 Å². The molecule has 0 radical (unpaired) electrons. The van der Waals surface area contributed by atoms with Gasteiger partial charge in [0.05, 0.1) is 16.3 Å². The number of pyridine rings is 1. The van der Waals surface area contributed by atoms with Gasteiger partial charge in [-0.2, -0.15) is 0 Å². The van der Waals surface area contributed by atoms with Crippen molar-refractivity contribution in [2.75, 3.05) is 11.9 Å². The maximum absolute atomic E-state index is 12.8. The second-order valence-electron chi connectivity index (χ2n) is 6.18. The Morgan fingerprint density at radius 2 is 2.00 bits per heavy atom. The lowest BCUT2D eigenvalue weighted by Crippen LogP contribution is -2.25. The van der Waals surface area contributed by atoms with Gasteiger partial charge in [-0.15, -0.1) is 0 Å². The third-order valence-corrected chi connectivity index (χ3v) is 4.84. The minimum absolute atomic E-state index is 0.206. The van der Waals surface area contributed by atoms with Crippen molar-refractivity contribution in [2.45, 2.75) is 24.4 Å². The molecule has 0 aliphatic heterocycles. The average molecular weight is 493 g/mol. The summed E-state index contributed by atoms with van der Waals surface area (Å²) in [5.74, 6) is -0.794. The predicted molar refractivity (Wildman–Crippen MR) is 116 cm³/mol. The average Bonchev–Trinajstić information content (AvgIpc) is 3.09. The molecule has 1 N–H and O–H groups in total. The number of anilines is 1. The topological polar surface area (TPSA) is 82.3 Å². The first-order chi connectivity index (χ1) is 13.4. The second-order valence-corrected chi connectivity index (χ2v) is 7.98. The minimum Gasteiger partial charge on any atom is -0.465 e. The van der Waals surface area contributed by atoms with Gasteiger partial charge in [0, 0.05) is 34.9 Å². The molecular formula is C20H20IN3O4. The fourth-order valence-corrected chi connectivity index (χ4v) is 3.46. The zero-order valence-corrected chi connectivity index (χ0v) is 17.7. The summed E-state index contributed by atoms with van der Waals surface area (Å²) in [6, 6.07) is 10.3. The summed E-state index contributed by atoms with van der Waals surface area (Å²) < 4.78 is 8.42. The first-order valence-electron chi connectivity index (χ1n) is 8.81. The van der Waals surface area contributed by atoms with Gasteiger partial charge in [-0.25, -0.2) is 0 Å². The van der Waals surface area contributed by atoms with Crippen LogP contribution < -0.4 is 10.9 Å². The lowest BCUT2D eigenvalue weighted by atomic mass is 10.1. The van der Waals surface area contributed by atoms with Crippen LogP contribution in [0.4, 0.5) is 5.69 Å². The summed E-state index contributed by atoms with van der Waals surface area (Å²) in [6.07, 6.45) is 3.40. The van der Waals surface area contributed by atoms with Crippen molar-refractivity contribution in [3.8, 4) is 0 Å². The Labute approximate surface area is 175 Å². The maximum Gasteiger partial charge on any atom is 0.326 e. The lowest BCUT2D eigenvalue weighted by molar-refractivity contribution is -0.143. The number of alkyl halides is 1. The third kappa shape index (κ3) is 4.27. The van der Waals surface area contributed by atoms with Crippen LogP contribution in [0.15, 0.2) is 53.6 Å². The molecule has 1 atom stereocenters. The molecule has 0 bridgehead atoms. The van der Waals surface area contributed by atoms with E-state index >= 15 is 0 Å². The first-order valence-corrected chi connectivity index (χ1v) is 10.1. The van der Waals surface area contributed by atoms with Crippen molar-refractivity contribution < 1.29 is 14.3 Å². The van der Waals surface area contributed by atoms with Gasteiger partial charge in [0.2, 0.25) is 0 Å². The Morgan fingerprint density at radius 1 is 1.21 bits per heavy atom. The Balaban J connectivity index is 1.87. The highest BCUT2D eigenvalue weighted by Gasteiger charge is 2.14. The molecule has 8 heteroatoms. The van der Waals surface area contributed by atoms with Crippen molar-refractivity contribution in [1.29, 1.82) is 0 Å². The van der Waals surface area contributed by atoms with Crippen molar-refractivity contribution in [1.82, 2.24) is 9.13 Å². The number of aromatic nitrogens is 2. The van der Waals surface area contributed by atoms with Crippen LogP contribution >= 0.6 is 22.6 Å². The van der Waals surface area contributed by atoms with Crippen molar-refractivity contribution >= 4 is 51.1 Å². The van der Waals surface area contributed by atoms with E-state index in [2.05, 4.69) is 39.4 Å².